The van der Waals surface area contributed by atoms with E-state index in [0.29, 0.717) is 16.9 Å². The summed E-state index contributed by atoms with van der Waals surface area (Å²) in [6, 6.07) is 11.0. The minimum atomic E-state index is -0.480. The summed E-state index contributed by atoms with van der Waals surface area (Å²) in [5, 5.41) is 3.18. The van der Waals surface area contributed by atoms with Crippen LogP contribution in [0.25, 0.3) is 0 Å². The number of nitrogens with one attached hydrogen (secondary N) is 1. The van der Waals surface area contributed by atoms with Crippen molar-refractivity contribution in [3.63, 3.8) is 0 Å². The Kier molecular flexibility index (Phi) is 3.42. The summed E-state index contributed by atoms with van der Waals surface area (Å²) in [6.45, 7) is 4.09. The molecule has 0 bridgehead atoms. The highest BCUT2D eigenvalue weighted by Gasteiger charge is 2.09. The van der Waals surface area contributed by atoms with Crippen LogP contribution in [-0.2, 0) is 0 Å². The number of anilines is 3. The fourth-order valence-corrected chi connectivity index (χ4v) is 1.85. The van der Waals surface area contributed by atoms with Crippen molar-refractivity contribution in [1.82, 2.24) is 0 Å². The van der Waals surface area contributed by atoms with E-state index >= 15 is 0 Å². The lowest BCUT2D eigenvalue weighted by Crippen LogP contribution is -2.13. The molecule has 0 saturated heterocycles. The first-order valence-corrected chi connectivity index (χ1v) is 6.01. The van der Waals surface area contributed by atoms with E-state index in [2.05, 4.69) is 12.2 Å². The third-order valence-electron chi connectivity index (χ3n) is 3.09. The fourth-order valence-electron chi connectivity index (χ4n) is 1.85. The third-order valence-corrected chi connectivity index (χ3v) is 3.09. The molecule has 0 aliphatic heterocycles. The first kappa shape index (κ1) is 13.0. The van der Waals surface area contributed by atoms with Gasteiger partial charge in [-0.05, 0) is 55.3 Å². The molecule has 0 saturated carbocycles. The van der Waals surface area contributed by atoms with E-state index in [-0.39, 0.29) is 0 Å². The average Bonchev–Trinajstić information content (AvgIpc) is 2.33. The van der Waals surface area contributed by atoms with Crippen LogP contribution in [0, 0.1) is 13.8 Å². The molecule has 5 N–H and O–H groups in total. The van der Waals surface area contributed by atoms with Crippen LogP contribution in [0.5, 0.6) is 0 Å². The van der Waals surface area contributed by atoms with Crippen molar-refractivity contribution < 1.29 is 4.79 Å². The van der Waals surface area contributed by atoms with Crippen LogP contribution in [-0.4, -0.2) is 5.91 Å². The van der Waals surface area contributed by atoms with Crippen molar-refractivity contribution in [2.45, 2.75) is 13.8 Å². The molecule has 0 spiro atoms. The molecule has 98 valence electrons. The molecule has 2 aromatic rings. The molecular weight excluding hydrogens is 238 g/mol. The monoisotopic (exact) mass is 255 g/mol. The number of hydrogen-bond acceptors (Lipinski definition) is 3. The number of rotatable bonds is 3. The van der Waals surface area contributed by atoms with Gasteiger partial charge in [-0.25, -0.2) is 0 Å². The molecule has 0 aliphatic carbocycles. The van der Waals surface area contributed by atoms with Crippen LogP contribution < -0.4 is 16.8 Å². The standard InChI is InChI=1S/C15H17N3O/c1-9-3-5-12(7-10(9)2)18-14-8-11(16)4-6-13(14)15(17)19/h3-8,18H,16H2,1-2H3,(H2,17,19). The predicted molar refractivity (Wildman–Crippen MR) is 78.6 cm³/mol. The normalized spacial score (nSPS) is 10.2. The van der Waals surface area contributed by atoms with E-state index in [9.17, 15) is 4.79 Å². The first-order chi connectivity index (χ1) is 8.97. The Morgan fingerprint density at radius 3 is 2.42 bits per heavy atom. The molecule has 2 rings (SSSR count). The van der Waals surface area contributed by atoms with Crippen LogP contribution in [0.15, 0.2) is 36.4 Å². The highest BCUT2D eigenvalue weighted by Crippen LogP contribution is 2.24. The van der Waals surface area contributed by atoms with Crippen LogP contribution in [0.3, 0.4) is 0 Å². The number of carbonyl (C=O) groups excluding carboxylic acids is 1. The first-order valence-electron chi connectivity index (χ1n) is 6.01. The van der Waals surface area contributed by atoms with Crippen molar-refractivity contribution in [2.75, 3.05) is 11.1 Å². The maximum atomic E-state index is 11.4. The zero-order valence-electron chi connectivity index (χ0n) is 11.0. The minimum absolute atomic E-state index is 0.424. The second-order valence-corrected chi connectivity index (χ2v) is 4.59. The molecule has 19 heavy (non-hydrogen) atoms. The van der Waals surface area contributed by atoms with Gasteiger partial charge in [-0.1, -0.05) is 6.07 Å². The lowest BCUT2D eigenvalue weighted by atomic mass is 10.1. The van der Waals surface area contributed by atoms with E-state index in [0.717, 1.165) is 5.69 Å². The number of benzene rings is 2. The molecule has 0 fully saturated rings. The summed E-state index contributed by atoms with van der Waals surface area (Å²) >= 11 is 0. The molecule has 2 aromatic carbocycles. The number of amides is 1. The van der Waals surface area contributed by atoms with E-state index < -0.39 is 5.91 Å². The van der Waals surface area contributed by atoms with Crippen LogP contribution in [0.4, 0.5) is 17.1 Å². The summed E-state index contributed by atoms with van der Waals surface area (Å²) in [5.74, 6) is -0.480. The van der Waals surface area contributed by atoms with Crippen molar-refractivity contribution in [2.24, 2.45) is 5.73 Å². The van der Waals surface area contributed by atoms with Gasteiger partial charge in [0.25, 0.3) is 5.91 Å². The molecule has 4 nitrogen and oxygen atoms in total. The van der Waals surface area contributed by atoms with Crippen molar-refractivity contribution in [3.8, 4) is 0 Å². The summed E-state index contributed by atoms with van der Waals surface area (Å²) in [5.41, 5.74) is 16.0. The van der Waals surface area contributed by atoms with Gasteiger partial charge in [0.1, 0.15) is 0 Å². The molecule has 0 radical (unpaired) electrons. The second-order valence-electron chi connectivity index (χ2n) is 4.59. The van der Waals surface area contributed by atoms with Gasteiger partial charge in [0.2, 0.25) is 0 Å². The van der Waals surface area contributed by atoms with Gasteiger partial charge in [0.15, 0.2) is 0 Å². The quantitative estimate of drug-likeness (QED) is 0.737. The van der Waals surface area contributed by atoms with E-state index in [1.807, 2.05) is 25.1 Å². The number of nitrogens with two attached hydrogens (primary N) is 2. The summed E-state index contributed by atoms with van der Waals surface area (Å²) in [6.07, 6.45) is 0. The number of carbonyl (C=O) groups is 1. The van der Waals surface area contributed by atoms with Gasteiger partial charge < -0.3 is 16.8 Å². The molecular formula is C15H17N3O. The van der Waals surface area contributed by atoms with Gasteiger partial charge >= 0.3 is 0 Å². The summed E-state index contributed by atoms with van der Waals surface area (Å²) < 4.78 is 0. The van der Waals surface area contributed by atoms with Crippen LogP contribution in [0.2, 0.25) is 0 Å². The van der Waals surface area contributed by atoms with Crippen molar-refractivity contribution in [3.05, 3.63) is 53.1 Å². The Bertz CT molecular complexity index is 635. The molecule has 0 atom stereocenters. The van der Waals surface area contributed by atoms with E-state index in [1.165, 1.54) is 11.1 Å². The second kappa shape index (κ2) is 5.02. The Balaban J connectivity index is 2.39. The Labute approximate surface area is 112 Å². The highest BCUT2D eigenvalue weighted by molar-refractivity contribution is 5.99. The van der Waals surface area contributed by atoms with Gasteiger partial charge in [0, 0.05) is 11.4 Å². The van der Waals surface area contributed by atoms with Crippen LogP contribution in [0.1, 0.15) is 21.5 Å². The number of nitrogen functional groups attached to an aromatic ring is 1. The van der Waals surface area contributed by atoms with E-state index in [4.69, 9.17) is 11.5 Å². The maximum Gasteiger partial charge on any atom is 0.250 e. The third kappa shape index (κ3) is 2.85. The van der Waals surface area contributed by atoms with E-state index in [1.54, 1.807) is 18.2 Å². The summed E-state index contributed by atoms with van der Waals surface area (Å²) in [4.78, 5) is 11.4. The van der Waals surface area contributed by atoms with Gasteiger partial charge in [-0.3, -0.25) is 4.79 Å². The number of primary amides is 1. The maximum absolute atomic E-state index is 11.4. The Morgan fingerprint density at radius 2 is 1.79 bits per heavy atom. The minimum Gasteiger partial charge on any atom is -0.399 e. The highest BCUT2D eigenvalue weighted by atomic mass is 16.1. The molecule has 0 aliphatic rings. The molecule has 0 aromatic heterocycles. The largest absolute Gasteiger partial charge is 0.399 e. The average molecular weight is 255 g/mol. The van der Waals surface area contributed by atoms with Crippen molar-refractivity contribution in [1.29, 1.82) is 0 Å². The fraction of sp³-hybridized carbons (Fsp3) is 0.133. The molecule has 1 amide bonds. The summed E-state index contributed by atoms with van der Waals surface area (Å²) in [7, 11) is 0. The number of aryl methyl sites for hydroxylation is 2. The Hall–Kier alpha value is -2.49. The predicted octanol–water partition coefficient (Wildman–Crippen LogP) is 2.73. The molecule has 4 heteroatoms. The Morgan fingerprint density at radius 1 is 1.05 bits per heavy atom. The number of hydrogen-bond donors (Lipinski definition) is 3. The zero-order chi connectivity index (χ0) is 14.0. The van der Waals surface area contributed by atoms with Crippen molar-refractivity contribution >= 4 is 23.0 Å². The van der Waals surface area contributed by atoms with Gasteiger partial charge in [0.05, 0.1) is 11.3 Å². The lowest BCUT2D eigenvalue weighted by molar-refractivity contribution is 0.100. The lowest BCUT2D eigenvalue weighted by Gasteiger charge is -2.12. The van der Waals surface area contributed by atoms with Crippen LogP contribution >= 0.6 is 0 Å². The SMILES string of the molecule is Cc1ccc(Nc2cc(N)ccc2C(N)=O)cc1C. The smallest absolute Gasteiger partial charge is 0.250 e. The topological polar surface area (TPSA) is 81.1 Å². The van der Waals surface area contributed by atoms with Gasteiger partial charge in [-0.2, -0.15) is 0 Å². The zero-order valence-corrected chi connectivity index (χ0v) is 11.0. The van der Waals surface area contributed by atoms with Gasteiger partial charge in [-0.15, -0.1) is 0 Å². The molecule has 0 unspecified atom stereocenters. The molecule has 0 heterocycles.